The molecule has 0 radical (unpaired) electrons. The lowest BCUT2D eigenvalue weighted by molar-refractivity contribution is -0.186. The Morgan fingerprint density at radius 3 is 2.52 bits per heavy atom. The number of carbonyl (C=O) groups excluding carboxylic acids is 3. The van der Waals surface area contributed by atoms with Gasteiger partial charge in [-0.3, -0.25) is 14.4 Å². The van der Waals surface area contributed by atoms with E-state index >= 15 is 0 Å². The summed E-state index contributed by atoms with van der Waals surface area (Å²) in [7, 11) is -4.00. The first-order valence-corrected chi connectivity index (χ1v) is 14.7. The number of sulfonamides is 1. The molecule has 1 aromatic heterocycles. The first kappa shape index (κ1) is 31.2. The van der Waals surface area contributed by atoms with Gasteiger partial charge >= 0.3 is 18.1 Å². The number of carbonyl (C=O) groups is 4. The van der Waals surface area contributed by atoms with Gasteiger partial charge in [-0.05, 0) is 54.0 Å². The smallest absolute Gasteiger partial charge is 0.471 e. The molecule has 0 saturated heterocycles. The second-order valence-corrected chi connectivity index (χ2v) is 12.0. The Labute approximate surface area is 232 Å². The third-order valence-electron chi connectivity index (χ3n) is 6.33. The summed E-state index contributed by atoms with van der Waals surface area (Å²) < 4.78 is 66.5. The van der Waals surface area contributed by atoms with Gasteiger partial charge < -0.3 is 20.1 Å². The van der Waals surface area contributed by atoms with Gasteiger partial charge in [-0.1, -0.05) is 18.6 Å². The number of unbranched alkanes of at least 4 members (excludes halogenated alkanes) is 1. The van der Waals surface area contributed by atoms with Crippen molar-refractivity contribution in [2.24, 2.45) is 0 Å². The number of aliphatic carboxylic acids is 1. The number of alkyl halides is 3. The summed E-state index contributed by atoms with van der Waals surface area (Å²) in [5.41, 5.74) is 0.997. The lowest BCUT2D eigenvalue weighted by atomic mass is 9.98. The van der Waals surface area contributed by atoms with Crippen molar-refractivity contribution in [1.82, 2.24) is 14.9 Å². The van der Waals surface area contributed by atoms with Crippen molar-refractivity contribution in [3.8, 4) is 0 Å². The van der Waals surface area contributed by atoms with Crippen LogP contribution in [0.1, 0.15) is 47.6 Å². The molecule has 10 nitrogen and oxygen atoms in total. The Morgan fingerprint density at radius 2 is 1.90 bits per heavy atom. The van der Waals surface area contributed by atoms with Crippen LogP contribution in [0.15, 0.2) is 40.6 Å². The SMILES string of the molecule is O=C[C@@H](CC(=O)O)NC(=O)C(CCCCNS(=O)(=O)c1ccc2c(c1)CN(C(=O)C(F)(F)F)CC2)c1cccs1. The van der Waals surface area contributed by atoms with Gasteiger partial charge in [-0.2, -0.15) is 13.2 Å². The van der Waals surface area contributed by atoms with E-state index in [1.165, 1.54) is 29.5 Å². The van der Waals surface area contributed by atoms with E-state index in [0.717, 1.165) is 0 Å². The monoisotopic (exact) mass is 603 g/mol. The number of carboxylic acid groups (broad SMARTS) is 1. The summed E-state index contributed by atoms with van der Waals surface area (Å²) >= 11 is 1.32. The highest BCUT2D eigenvalue weighted by Gasteiger charge is 2.43. The summed E-state index contributed by atoms with van der Waals surface area (Å²) in [6.45, 7) is -0.441. The normalized spacial score (nSPS) is 15.1. The Bertz CT molecular complexity index is 1330. The van der Waals surface area contributed by atoms with Crippen LogP contribution in [0.4, 0.5) is 13.2 Å². The van der Waals surface area contributed by atoms with Crippen molar-refractivity contribution in [2.75, 3.05) is 13.1 Å². The number of fused-ring (bicyclic) bond motifs is 1. The first-order valence-electron chi connectivity index (χ1n) is 12.3. The highest BCUT2D eigenvalue weighted by molar-refractivity contribution is 7.89. The molecule has 0 saturated carbocycles. The van der Waals surface area contributed by atoms with Gasteiger partial charge in [0.25, 0.3) is 0 Å². The lowest BCUT2D eigenvalue weighted by Crippen LogP contribution is -2.43. The molecule has 0 fully saturated rings. The molecule has 15 heteroatoms. The number of nitrogens with one attached hydrogen (secondary N) is 2. The molecule has 1 aromatic carbocycles. The van der Waals surface area contributed by atoms with Gasteiger partial charge in [0.1, 0.15) is 6.29 Å². The summed E-state index contributed by atoms with van der Waals surface area (Å²) in [5, 5.41) is 13.1. The number of benzene rings is 1. The van der Waals surface area contributed by atoms with Crippen LogP contribution in [0.25, 0.3) is 0 Å². The van der Waals surface area contributed by atoms with E-state index in [4.69, 9.17) is 5.11 Å². The van der Waals surface area contributed by atoms with E-state index in [1.54, 1.807) is 17.5 Å². The van der Waals surface area contributed by atoms with Crippen LogP contribution in [-0.4, -0.2) is 67.8 Å². The quantitative estimate of drug-likeness (QED) is 0.235. The third-order valence-corrected chi connectivity index (χ3v) is 8.78. The largest absolute Gasteiger partial charge is 0.481 e. The molecule has 0 spiro atoms. The zero-order chi connectivity index (χ0) is 29.5. The molecule has 2 heterocycles. The number of hydrogen-bond acceptors (Lipinski definition) is 7. The molecule has 1 aliphatic heterocycles. The van der Waals surface area contributed by atoms with Gasteiger partial charge in [0, 0.05) is 24.5 Å². The van der Waals surface area contributed by atoms with Crippen molar-refractivity contribution >= 4 is 45.4 Å². The number of hydrogen-bond donors (Lipinski definition) is 3. The lowest BCUT2D eigenvalue weighted by Gasteiger charge is -2.29. The van der Waals surface area contributed by atoms with E-state index in [0.29, 0.717) is 46.5 Å². The molecular weight excluding hydrogens is 575 g/mol. The van der Waals surface area contributed by atoms with Gasteiger partial charge in [0.2, 0.25) is 15.9 Å². The predicted molar refractivity (Wildman–Crippen MR) is 138 cm³/mol. The van der Waals surface area contributed by atoms with Crippen LogP contribution in [-0.2, 0) is 42.2 Å². The molecule has 3 rings (SSSR count). The topological polar surface area (TPSA) is 150 Å². The molecule has 0 aliphatic carbocycles. The fourth-order valence-electron chi connectivity index (χ4n) is 4.31. The Kier molecular flexibility index (Phi) is 10.4. The molecule has 2 amide bonds. The number of thiophene rings is 1. The molecule has 40 heavy (non-hydrogen) atoms. The van der Waals surface area contributed by atoms with Crippen LogP contribution in [0.3, 0.4) is 0 Å². The van der Waals surface area contributed by atoms with Crippen LogP contribution in [0.2, 0.25) is 0 Å². The van der Waals surface area contributed by atoms with Crippen molar-refractivity contribution in [3.05, 3.63) is 51.7 Å². The minimum Gasteiger partial charge on any atom is -0.481 e. The predicted octanol–water partition coefficient (Wildman–Crippen LogP) is 2.59. The average molecular weight is 604 g/mol. The number of aldehydes is 1. The van der Waals surface area contributed by atoms with Crippen molar-refractivity contribution in [2.45, 2.75) is 61.7 Å². The van der Waals surface area contributed by atoms with Crippen molar-refractivity contribution in [3.63, 3.8) is 0 Å². The molecule has 0 bridgehead atoms. The minimum absolute atomic E-state index is 0.0207. The fraction of sp³-hybridized carbons (Fsp3) is 0.440. The molecule has 1 aliphatic rings. The molecule has 3 N–H and O–H groups in total. The Hall–Kier alpha value is -3.30. The van der Waals surface area contributed by atoms with Crippen LogP contribution in [0.5, 0.6) is 0 Å². The van der Waals surface area contributed by atoms with Gasteiger partial charge in [0.05, 0.1) is 23.3 Å². The summed E-state index contributed by atoms with van der Waals surface area (Å²) in [6.07, 6.45) is -3.95. The maximum Gasteiger partial charge on any atom is 0.471 e. The van der Waals surface area contributed by atoms with Crippen molar-refractivity contribution in [1.29, 1.82) is 0 Å². The molecule has 2 aromatic rings. The minimum atomic E-state index is -5.01. The maximum atomic E-state index is 12.8. The number of carboxylic acids is 1. The maximum absolute atomic E-state index is 12.8. The highest BCUT2D eigenvalue weighted by atomic mass is 32.2. The number of rotatable bonds is 13. The standard InChI is InChI=1S/C25H28F3N3O7S2/c26-25(27,28)24(36)31-10-8-16-6-7-19(12-17(16)14-31)40(37,38)29-9-2-1-4-20(21-5-3-11-39-21)23(35)30-18(15-32)13-22(33)34/h3,5-7,11-12,15,18,20,29H,1-2,4,8-10,13-14H2,(H,30,35)(H,33,34)/t18-,20?/m1/s1. The zero-order valence-corrected chi connectivity index (χ0v) is 22.8. The highest BCUT2D eigenvalue weighted by Crippen LogP contribution is 2.28. The Morgan fingerprint density at radius 1 is 1.15 bits per heavy atom. The van der Waals surface area contributed by atoms with E-state index in [9.17, 15) is 40.8 Å². The number of amides is 2. The molecular formula is C25H28F3N3O7S2. The molecule has 1 unspecified atom stereocenters. The summed E-state index contributed by atoms with van der Waals surface area (Å²) in [5.74, 6) is -4.37. The Balaban J connectivity index is 1.57. The second-order valence-electron chi connectivity index (χ2n) is 9.22. The van der Waals surface area contributed by atoms with Gasteiger partial charge in [0.15, 0.2) is 0 Å². The van der Waals surface area contributed by atoms with Crippen LogP contribution < -0.4 is 10.0 Å². The second kappa shape index (κ2) is 13.4. The summed E-state index contributed by atoms with van der Waals surface area (Å²) in [6, 6.07) is 6.48. The van der Waals surface area contributed by atoms with Gasteiger partial charge in [-0.25, -0.2) is 13.1 Å². The average Bonchev–Trinajstić information content (AvgIpc) is 3.42. The van der Waals surface area contributed by atoms with E-state index in [1.807, 2.05) is 0 Å². The first-order chi connectivity index (χ1) is 18.8. The number of halogens is 3. The third kappa shape index (κ3) is 8.35. The number of nitrogens with zero attached hydrogens (tertiary/aromatic N) is 1. The summed E-state index contributed by atoms with van der Waals surface area (Å²) in [4.78, 5) is 47.7. The zero-order valence-electron chi connectivity index (χ0n) is 21.1. The molecule has 218 valence electrons. The van der Waals surface area contributed by atoms with Gasteiger partial charge in [-0.15, -0.1) is 11.3 Å². The van der Waals surface area contributed by atoms with Crippen LogP contribution in [0, 0.1) is 0 Å². The fourth-order valence-corrected chi connectivity index (χ4v) is 6.30. The van der Waals surface area contributed by atoms with Crippen molar-refractivity contribution < 1.29 is 45.9 Å². The van der Waals surface area contributed by atoms with E-state index in [-0.39, 0.29) is 31.0 Å². The van der Waals surface area contributed by atoms with E-state index in [2.05, 4.69) is 10.0 Å². The van der Waals surface area contributed by atoms with Crippen LogP contribution >= 0.6 is 11.3 Å². The van der Waals surface area contributed by atoms with E-state index < -0.39 is 52.4 Å². The molecule has 2 atom stereocenters.